The molecule has 3 rings (SSSR count). The van der Waals surface area contributed by atoms with Crippen molar-refractivity contribution in [3.8, 4) is 11.3 Å². The van der Waals surface area contributed by atoms with Crippen LogP contribution in [0.15, 0.2) is 59.1 Å². The number of amides is 1. The van der Waals surface area contributed by atoms with Gasteiger partial charge >= 0.3 is 5.97 Å². The summed E-state index contributed by atoms with van der Waals surface area (Å²) in [6, 6.07) is 15.8. The molecule has 0 aliphatic carbocycles. The lowest BCUT2D eigenvalue weighted by molar-refractivity contribution is 0.0600. The summed E-state index contributed by atoms with van der Waals surface area (Å²) in [6.45, 7) is 1.69. The number of aryl methyl sites for hydroxylation is 1. The zero-order chi connectivity index (χ0) is 17.8. The highest BCUT2D eigenvalue weighted by atomic mass is 16.5. The van der Waals surface area contributed by atoms with Crippen LogP contribution in [0, 0.1) is 6.92 Å². The number of aromatic nitrogens is 1. The third-order valence-corrected chi connectivity index (χ3v) is 3.70. The zero-order valence-corrected chi connectivity index (χ0v) is 13.8. The van der Waals surface area contributed by atoms with E-state index in [0.717, 1.165) is 5.56 Å². The third kappa shape index (κ3) is 3.42. The SMILES string of the molecule is COC(=O)c1ccc(NC(=O)c2c(-c3ccccc3)noc2C)cc1. The fraction of sp³-hybridized carbons (Fsp3) is 0.105. The highest BCUT2D eigenvalue weighted by molar-refractivity contribution is 6.08. The van der Waals surface area contributed by atoms with Crippen LogP contribution in [0.1, 0.15) is 26.5 Å². The van der Waals surface area contributed by atoms with Crippen LogP contribution >= 0.6 is 0 Å². The highest BCUT2D eigenvalue weighted by Crippen LogP contribution is 2.26. The molecule has 0 saturated carbocycles. The number of nitrogens with one attached hydrogen (secondary N) is 1. The van der Waals surface area contributed by atoms with Gasteiger partial charge in [0.15, 0.2) is 0 Å². The second kappa shape index (κ2) is 7.00. The molecule has 0 atom stereocenters. The van der Waals surface area contributed by atoms with Crippen LogP contribution < -0.4 is 5.32 Å². The first-order chi connectivity index (χ1) is 12.1. The number of carbonyl (C=O) groups is 2. The second-order valence-electron chi connectivity index (χ2n) is 5.35. The first-order valence-electron chi connectivity index (χ1n) is 7.61. The summed E-state index contributed by atoms with van der Waals surface area (Å²) in [5.74, 6) is -0.329. The fourth-order valence-corrected chi connectivity index (χ4v) is 2.43. The van der Waals surface area contributed by atoms with Crippen molar-refractivity contribution in [3.05, 3.63) is 71.5 Å². The maximum atomic E-state index is 12.7. The van der Waals surface area contributed by atoms with E-state index in [1.165, 1.54) is 7.11 Å². The average Bonchev–Trinajstić information content (AvgIpc) is 3.04. The van der Waals surface area contributed by atoms with E-state index in [0.29, 0.717) is 28.3 Å². The van der Waals surface area contributed by atoms with Gasteiger partial charge in [-0.05, 0) is 31.2 Å². The van der Waals surface area contributed by atoms with Gasteiger partial charge in [-0.1, -0.05) is 35.5 Å². The van der Waals surface area contributed by atoms with E-state index in [1.807, 2.05) is 30.3 Å². The molecule has 1 heterocycles. The first-order valence-corrected chi connectivity index (χ1v) is 7.61. The minimum Gasteiger partial charge on any atom is -0.465 e. The summed E-state index contributed by atoms with van der Waals surface area (Å²) in [5.41, 5.74) is 2.62. The van der Waals surface area contributed by atoms with Gasteiger partial charge in [-0.25, -0.2) is 4.79 Å². The largest absolute Gasteiger partial charge is 0.465 e. The van der Waals surface area contributed by atoms with Gasteiger partial charge in [0.05, 0.1) is 12.7 Å². The minimum atomic E-state index is -0.431. The molecule has 0 saturated heterocycles. The molecule has 25 heavy (non-hydrogen) atoms. The summed E-state index contributed by atoms with van der Waals surface area (Å²) in [6.07, 6.45) is 0. The van der Waals surface area contributed by atoms with Gasteiger partial charge in [0.1, 0.15) is 17.0 Å². The molecular weight excluding hydrogens is 320 g/mol. The summed E-state index contributed by atoms with van der Waals surface area (Å²) < 4.78 is 9.85. The first kappa shape index (κ1) is 16.4. The maximum Gasteiger partial charge on any atom is 0.337 e. The molecule has 0 aliphatic rings. The van der Waals surface area contributed by atoms with Crippen LogP contribution in [0.25, 0.3) is 11.3 Å². The van der Waals surface area contributed by atoms with Gasteiger partial charge in [0.25, 0.3) is 5.91 Å². The Morgan fingerprint density at radius 2 is 1.72 bits per heavy atom. The van der Waals surface area contributed by atoms with E-state index in [9.17, 15) is 9.59 Å². The predicted octanol–water partition coefficient (Wildman–Crippen LogP) is 3.69. The van der Waals surface area contributed by atoms with Crippen LogP contribution in [0.3, 0.4) is 0 Å². The van der Waals surface area contributed by atoms with Crippen molar-refractivity contribution in [1.82, 2.24) is 5.16 Å². The molecule has 1 N–H and O–H groups in total. The van der Waals surface area contributed by atoms with Crippen LogP contribution in [0.5, 0.6) is 0 Å². The molecule has 0 fully saturated rings. The van der Waals surface area contributed by atoms with Gasteiger partial charge in [-0.3, -0.25) is 4.79 Å². The second-order valence-corrected chi connectivity index (χ2v) is 5.35. The van der Waals surface area contributed by atoms with Crippen molar-refractivity contribution in [3.63, 3.8) is 0 Å². The molecule has 2 aromatic carbocycles. The molecule has 0 radical (unpaired) electrons. The standard InChI is InChI=1S/C19H16N2O4/c1-12-16(17(21-25-12)13-6-4-3-5-7-13)18(22)20-15-10-8-14(9-11-15)19(23)24-2/h3-11H,1-2H3,(H,20,22). The number of benzene rings is 2. The fourth-order valence-electron chi connectivity index (χ4n) is 2.43. The summed E-state index contributed by atoms with van der Waals surface area (Å²) in [5, 5.41) is 6.79. The van der Waals surface area contributed by atoms with Crippen molar-refractivity contribution in [2.45, 2.75) is 6.92 Å². The Balaban J connectivity index is 1.85. The quantitative estimate of drug-likeness (QED) is 0.735. The summed E-state index contributed by atoms with van der Waals surface area (Å²) in [4.78, 5) is 24.1. The van der Waals surface area contributed by atoms with Crippen LogP contribution in [-0.2, 0) is 4.74 Å². The van der Waals surface area contributed by atoms with E-state index in [1.54, 1.807) is 31.2 Å². The molecule has 126 valence electrons. The third-order valence-electron chi connectivity index (χ3n) is 3.70. The Hall–Kier alpha value is -3.41. The van der Waals surface area contributed by atoms with Crippen LogP contribution in [-0.4, -0.2) is 24.1 Å². The number of esters is 1. The Bertz CT molecular complexity index is 899. The molecule has 3 aromatic rings. The molecule has 6 nitrogen and oxygen atoms in total. The molecular formula is C19H16N2O4. The average molecular weight is 336 g/mol. The van der Waals surface area contributed by atoms with Gasteiger partial charge in [-0.15, -0.1) is 0 Å². The number of hydrogen-bond donors (Lipinski definition) is 1. The summed E-state index contributed by atoms with van der Waals surface area (Å²) >= 11 is 0. The Labute approximate surface area is 144 Å². The summed E-state index contributed by atoms with van der Waals surface area (Å²) in [7, 11) is 1.32. The Morgan fingerprint density at radius 1 is 1.04 bits per heavy atom. The van der Waals surface area contributed by atoms with E-state index >= 15 is 0 Å². The lowest BCUT2D eigenvalue weighted by Crippen LogP contribution is -2.13. The maximum absolute atomic E-state index is 12.7. The van der Waals surface area contributed by atoms with E-state index in [2.05, 4.69) is 15.2 Å². The van der Waals surface area contributed by atoms with Crippen molar-refractivity contribution in [2.24, 2.45) is 0 Å². The van der Waals surface area contributed by atoms with Crippen molar-refractivity contribution >= 4 is 17.6 Å². The highest BCUT2D eigenvalue weighted by Gasteiger charge is 2.21. The van der Waals surface area contributed by atoms with E-state index < -0.39 is 5.97 Å². The van der Waals surface area contributed by atoms with E-state index in [4.69, 9.17) is 4.52 Å². The molecule has 1 amide bonds. The van der Waals surface area contributed by atoms with Gasteiger partial charge in [0, 0.05) is 11.3 Å². The molecule has 6 heteroatoms. The van der Waals surface area contributed by atoms with Crippen molar-refractivity contribution in [1.29, 1.82) is 0 Å². The van der Waals surface area contributed by atoms with Gasteiger partial charge in [-0.2, -0.15) is 0 Å². The topological polar surface area (TPSA) is 81.4 Å². The smallest absolute Gasteiger partial charge is 0.337 e. The van der Waals surface area contributed by atoms with E-state index in [-0.39, 0.29) is 5.91 Å². The minimum absolute atomic E-state index is 0.330. The number of carbonyl (C=O) groups excluding carboxylic acids is 2. The van der Waals surface area contributed by atoms with Crippen molar-refractivity contribution in [2.75, 3.05) is 12.4 Å². The molecule has 0 aliphatic heterocycles. The van der Waals surface area contributed by atoms with Crippen LogP contribution in [0.2, 0.25) is 0 Å². The lowest BCUT2D eigenvalue weighted by Gasteiger charge is -2.07. The monoisotopic (exact) mass is 336 g/mol. The number of nitrogens with zero attached hydrogens (tertiary/aromatic N) is 1. The number of methoxy groups -OCH3 is 1. The molecule has 1 aromatic heterocycles. The molecule has 0 spiro atoms. The van der Waals surface area contributed by atoms with Gasteiger partial charge < -0.3 is 14.6 Å². The van der Waals surface area contributed by atoms with Crippen LogP contribution in [0.4, 0.5) is 5.69 Å². The normalized spacial score (nSPS) is 10.3. The molecule has 0 unspecified atom stereocenters. The number of ether oxygens (including phenoxy) is 1. The Morgan fingerprint density at radius 3 is 2.36 bits per heavy atom. The zero-order valence-electron chi connectivity index (χ0n) is 13.8. The number of hydrogen-bond acceptors (Lipinski definition) is 5. The number of rotatable bonds is 4. The van der Waals surface area contributed by atoms with Crippen molar-refractivity contribution < 1.29 is 18.8 Å². The molecule has 0 bridgehead atoms. The lowest BCUT2D eigenvalue weighted by atomic mass is 10.1. The number of anilines is 1. The predicted molar refractivity (Wildman–Crippen MR) is 92.4 cm³/mol. The van der Waals surface area contributed by atoms with Gasteiger partial charge in [0.2, 0.25) is 0 Å². The Kier molecular flexibility index (Phi) is 4.61.